The van der Waals surface area contributed by atoms with Crippen LogP contribution >= 0.6 is 15.9 Å². The molecule has 0 spiro atoms. The first-order valence-electron chi connectivity index (χ1n) is 6.33. The van der Waals surface area contributed by atoms with Crippen LogP contribution in [-0.2, 0) is 4.79 Å². The Labute approximate surface area is 121 Å². The van der Waals surface area contributed by atoms with E-state index in [9.17, 15) is 9.59 Å². The number of nitrogens with zero attached hydrogens (tertiary/aromatic N) is 1. The molecule has 19 heavy (non-hydrogen) atoms. The zero-order valence-corrected chi connectivity index (χ0v) is 12.6. The van der Waals surface area contributed by atoms with E-state index in [-0.39, 0.29) is 23.9 Å². The van der Waals surface area contributed by atoms with Crippen molar-refractivity contribution in [2.45, 2.75) is 32.4 Å². The Balaban J connectivity index is 1.97. The highest BCUT2D eigenvalue weighted by Gasteiger charge is 2.31. The Morgan fingerprint density at radius 2 is 2.00 bits per heavy atom. The highest BCUT2D eigenvalue weighted by Crippen LogP contribution is 2.15. The Kier molecular flexibility index (Phi) is 4.24. The molecule has 1 aliphatic heterocycles. The van der Waals surface area contributed by atoms with Gasteiger partial charge in [-0.2, -0.15) is 0 Å². The maximum Gasteiger partial charge on any atom is 0.251 e. The molecule has 0 saturated carbocycles. The zero-order chi connectivity index (χ0) is 14.0. The summed E-state index contributed by atoms with van der Waals surface area (Å²) in [4.78, 5) is 25.6. The van der Waals surface area contributed by atoms with Crippen molar-refractivity contribution < 1.29 is 9.59 Å². The molecule has 1 aliphatic rings. The molecule has 1 atom stereocenters. The van der Waals surface area contributed by atoms with Crippen LogP contribution in [0.4, 0.5) is 0 Å². The van der Waals surface area contributed by atoms with Crippen LogP contribution in [-0.4, -0.2) is 35.3 Å². The van der Waals surface area contributed by atoms with Gasteiger partial charge >= 0.3 is 0 Å². The molecular weight excluding hydrogens is 308 g/mol. The van der Waals surface area contributed by atoms with E-state index in [4.69, 9.17) is 0 Å². The van der Waals surface area contributed by atoms with Gasteiger partial charge in [-0.3, -0.25) is 9.59 Å². The number of hydrogen-bond acceptors (Lipinski definition) is 2. The van der Waals surface area contributed by atoms with Gasteiger partial charge in [0.15, 0.2) is 0 Å². The van der Waals surface area contributed by atoms with Crippen LogP contribution in [0.1, 0.15) is 30.6 Å². The number of carbonyl (C=O) groups is 2. The van der Waals surface area contributed by atoms with Crippen LogP contribution in [0.25, 0.3) is 0 Å². The molecule has 1 unspecified atom stereocenters. The second-order valence-electron chi connectivity index (χ2n) is 5.02. The molecule has 0 bridgehead atoms. The molecule has 1 aromatic carbocycles. The molecule has 0 aromatic heterocycles. The number of rotatable bonds is 3. The predicted octanol–water partition coefficient (Wildman–Crippen LogP) is 2.19. The number of benzene rings is 1. The minimum atomic E-state index is -0.129. The van der Waals surface area contributed by atoms with E-state index in [1.165, 1.54) is 0 Å². The van der Waals surface area contributed by atoms with E-state index < -0.39 is 0 Å². The van der Waals surface area contributed by atoms with E-state index in [0.29, 0.717) is 18.5 Å². The fourth-order valence-corrected chi connectivity index (χ4v) is 2.46. The van der Waals surface area contributed by atoms with Gasteiger partial charge < -0.3 is 10.2 Å². The molecule has 4 nitrogen and oxygen atoms in total. The van der Waals surface area contributed by atoms with Crippen molar-refractivity contribution in [3.8, 4) is 0 Å². The molecule has 0 radical (unpaired) electrons. The molecule has 2 rings (SSSR count). The van der Waals surface area contributed by atoms with E-state index >= 15 is 0 Å². The largest absolute Gasteiger partial charge is 0.347 e. The molecule has 0 aliphatic carbocycles. The van der Waals surface area contributed by atoms with Gasteiger partial charge in [-0.25, -0.2) is 0 Å². The predicted molar refractivity (Wildman–Crippen MR) is 76.9 cm³/mol. The fourth-order valence-electron chi connectivity index (χ4n) is 2.20. The summed E-state index contributed by atoms with van der Waals surface area (Å²) in [6, 6.07) is 7.27. The van der Waals surface area contributed by atoms with Crippen molar-refractivity contribution in [3.05, 3.63) is 34.3 Å². The summed E-state index contributed by atoms with van der Waals surface area (Å²) in [5, 5.41) is 2.91. The third kappa shape index (κ3) is 3.35. The third-order valence-electron chi connectivity index (χ3n) is 3.22. The van der Waals surface area contributed by atoms with Crippen LogP contribution in [0, 0.1) is 0 Å². The van der Waals surface area contributed by atoms with Gasteiger partial charge in [0.25, 0.3) is 5.91 Å². The average Bonchev–Trinajstić information content (AvgIpc) is 2.71. The lowest BCUT2D eigenvalue weighted by Crippen LogP contribution is -2.38. The summed E-state index contributed by atoms with van der Waals surface area (Å²) >= 11 is 3.33. The molecule has 1 N–H and O–H groups in total. The number of hydrogen-bond donors (Lipinski definition) is 1. The fraction of sp³-hybridized carbons (Fsp3) is 0.429. The van der Waals surface area contributed by atoms with Crippen LogP contribution < -0.4 is 5.32 Å². The standard InChI is InChI=1S/C14H17BrN2O2/c1-9(2)17-8-12(7-13(17)18)16-14(19)10-3-5-11(15)6-4-10/h3-6,9,12H,7-8H2,1-2H3,(H,16,19). The SMILES string of the molecule is CC(C)N1CC(NC(=O)c2ccc(Br)cc2)CC1=O. The molecule has 5 heteroatoms. The van der Waals surface area contributed by atoms with Crippen molar-refractivity contribution in [2.75, 3.05) is 6.54 Å². The van der Waals surface area contributed by atoms with Gasteiger partial charge in [-0.05, 0) is 38.1 Å². The van der Waals surface area contributed by atoms with Crippen LogP contribution in [0.3, 0.4) is 0 Å². The lowest BCUT2D eigenvalue weighted by molar-refractivity contribution is -0.129. The van der Waals surface area contributed by atoms with Gasteiger partial charge in [0.05, 0.1) is 6.04 Å². The molecule has 102 valence electrons. The van der Waals surface area contributed by atoms with Gasteiger partial charge in [-0.15, -0.1) is 0 Å². The third-order valence-corrected chi connectivity index (χ3v) is 3.75. The van der Waals surface area contributed by atoms with Crippen molar-refractivity contribution in [2.24, 2.45) is 0 Å². The Hall–Kier alpha value is -1.36. The molecule has 1 heterocycles. The summed E-state index contributed by atoms with van der Waals surface area (Å²) in [6.45, 7) is 4.56. The number of carbonyl (C=O) groups excluding carboxylic acids is 2. The second kappa shape index (κ2) is 5.74. The highest BCUT2D eigenvalue weighted by molar-refractivity contribution is 9.10. The zero-order valence-electron chi connectivity index (χ0n) is 11.0. The number of amides is 2. The summed E-state index contributed by atoms with van der Waals surface area (Å²) < 4.78 is 0.936. The van der Waals surface area contributed by atoms with Crippen molar-refractivity contribution in [1.82, 2.24) is 10.2 Å². The van der Waals surface area contributed by atoms with E-state index in [2.05, 4.69) is 21.2 Å². The number of likely N-dealkylation sites (tertiary alicyclic amines) is 1. The van der Waals surface area contributed by atoms with Gasteiger partial charge in [0.2, 0.25) is 5.91 Å². The van der Waals surface area contributed by atoms with E-state index in [1.807, 2.05) is 26.0 Å². The summed E-state index contributed by atoms with van der Waals surface area (Å²) in [7, 11) is 0. The summed E-state index contributed by atoms with van der Waals surface area (Å²) in [5.74, 6) is -0.0213. The molecule has 2 amide bonds. The average molecular weight is 325 g/mol. The Morgan fingerprint density at radius 1 is 1.37 bits per heavy atom. The van der Waals surface area contributed by atoms with E-state index in [0.717, 1.165) is 4.47 Å². The number of halogens is 1. The van der Waals surface area contributed by atoms with Crippen LogP contribution in [0.2, 0.25) is 0 Å². The second-order valence-corrected chi connectivity index (χ2v) is 5.94. The first kappa shape index (κ1) is 14.1. The Morgan fingerprint density at radius 3 is 2.53 bits per heavy atom. The van der Waals surface area contributed by atoms with Crippen molar-refractivity contribution in [1.29, 1.82) is 0 Å². The first-order chi connectivity index (χ1) is 8.97. The topological polar surface area (TPSA) is 49.4 Å². The van der Waals surface area contributed by atoms with Crippen LogP contribution in [0.15, 0.2) is 28.7 Å². The monoisotopic (exact) mass is 324 g/mol. The molecule has 1 aromatic rings. The minimum Gasteiger partial charge on any atom is -0.347 e. The molecule has 1 saturated heterocycles. The summed E-state index contributed by atoms with van der Waals surface area (Å²) in [5.41, 5.74) is 0.610. The highest BCUT2D eigenvalue weighted by atomic mass is 79.9. The summed E-state index contributed by atoms with van der Waals surface area (Å²) in [6.07, 6.45) is 0.389. The van der Waals surface area contributed by atoms with Gasteiger partial charge in [0.1, 0.15) is 0 Å². The van der Waals surface area contributed by atoms with Gasteiger partial charge in [-0.1, -0.05) is 15.9 Å². The molecule has 1 fully saturated rings. The Bertz CT molecular complexity index is 485. The number of nitrogens with one attached hydrogen (secondary N) is 1. The lowest BCUT2D eigenvalue weighted by Gasteiger charge is -2.21. The maximum absolute atomic E-state index is 12.0. The van der Waals surface area contributed by atoms with E-state index in [1.54, 1.807) is 17.0 Å². The minimum absolute atomic E-state index is 0.0916. The van der Waals surface area contributed by atoms with Crippen molar-refractivity contribution >= 4 is 27.7 Å². The van der Waals surface area contributed by atoms with Gasteiger partial charge in [0, 0.05) is 29.0 Å². The van der Waals surface area contributed by atoms with Crippen molar-refractivity contribution in [3.63, 3.8) is 0 Å². The quantitative estimate of drug-likeness (QED) is 0.926. The lowest BCUT2D eigenvalue weighted by atomic mass is 10.2. The maximum atomic E-state index is 12.0. The molecular formula is C14H17BrN2O2. The first-order valence-corrected chi connectivity index (χ1v) is 7.12. The van der Waals surface area contributed by atoms with Crippen LogP contribution in [0.5, 0.6) is 0 Å². The normalized spacial score (nSPS) is 19.1. The smallest absolute Gasteiger partial charge is 0.251 e.